The van der Waals surface area contributed by atoms with Crippen LogP contribution in [0.4, 0.5) is 0 Å². The molecule has 0 spiro atoms. The molecule has 1 aromatic rings. The zero-order chi connectivity index (χ0) is 14.8. The van der Waals surface area contributed by atoms with Crippen molar-refractivity contribution in [1.82, 2.24) is 9.62 Å². The molecule has 1 unspecified atom stereocenters. The Morgan fingerprint density at radius 1 is 1.35 bits per heavy atom. The molecule has 1 N–H and O–H groups in total. The smallest absolute Gasteiger partial charge is 0.244 e. The van der Waals surface area contributed by atoms with Gasteiger partial charge in [-0.15, -0.1) is 0 Å². The molecule has 9 heteroatoms. The van der Waals surface area contributed by atoms with Gasteiger partial charge < -0.3 is 0 Å². The van der Waals surface area contributed by atoms with Crippen LogP contribution in [0.15, 0.2) is 29.2 Å². The Morgan fingerprint density at radius 3 is 2.55 bits per heavy atom. The molecule has 1 heterocycles. The van der Waals surface area contributed by atoms with Gasteiger partial charge in [-0.1, -0.05) is 24.4 Å². The number of nitrogens with zero attached hydrogens (tertiary/aromatic N) is 1. The van der Waals surface area contributed by atoms with Crippen LogP contribution in [0.5, 0.6) is 0 Å². The van der Waals surface area contributed by atoms with Crippen LogP contribution >= 0.6 is 12.2 Å². The molecule has 0 saturated carbocycles. The summed E-state index contributed by atoms with van der Waals surface area (Å²) in [5, 5.41) is 4.35. The fourth-order valence-corrected chi connectivity index (χ4v) is 4.35. The average Bonchev–Trinajstić information content (AvgIpc) is 2.87. The maximum absolute atomic E-state index is 12.4. The van der Waals surface area contributed by atoms with Gasteiger partial charge in [0.25, 0.3) is 0 Å². The van der Waals surface area contributed by atoms with E-state index in [4.69, 9.17) is 12.2 Å². The molecular weight excluding hydrogens is 320 g/mol. The monoisotopic (exact) mass is 334 g/mol. The van der Waals surface area contributed by atoms with Crippen LogP contribution in [0.25, 0.3) is 0 Å². The Kier molecular flexibility index (Phi) is 4.86. The first-order valence-corrected chi connectivity index (χ1v) is 9.14. The molecule has 110 valence electrons. The molecule has 2 rings (SSSR count). The molecule has 1 fully saturated rings. The Labute approximate surface area is 124 Å². The molecule has 0 amide bonds. The predicted octanol–water partition coefficient (Wildman–Crippen LogP) is -0.282. The van der Waals surface area contributed by atoms with Crippen LogP contribution in [-0.4, -0.2) is 45.8 Å². The molecule has 20 heavy (non-hydrogen) atoms. The van der Waals surface area contributed by atoms with Crippen molar-refractivity contribution in [3.05, 3.63) is 29.8 Å². The van der Waals surface area contributed by atoms with Crippen LogP contribution in [0.1, 0.15) is 5.56 Å². The Bertz CT molecular complexity index is 659. The molecule has 6 nitrogen and oxygen atoms in total. The van der Waals surface area contributed by atoms with E-state index >= 15 is 0 Å². The summed E-state index contributed by atoms with van der Waals surface area (Å²) < 4.78 is 47.4. The SMILES string of the molecule is O=[SH](=O)Cc1ccc(S(=O)(=O)N2CCNC2C=S)cc1. The molecule has 0 radical (unpaired) electrons. The molecule has 0 aliphatic carbocycles. The minimum Gasteiger partial charge on any atom is -0.296 e. The van der Waals surface area contributed by atoms with E-state index in [-0.39, 0.29) is 10.6 Å². The Morgan fingerprint density at radius 2 is 2.00 bits per heavy atom. The van der Waals surface area contributed by atoms with Gasteiger partial charge in [-0.25, -0.2) is 16.8 Å². The lowest BCUT2D eigenvalue weighted by atomic mass is 10.2. The third-order valence-corrected chi connectivity index (χ3v) is 5.74. The van der Waals surface area contributed by atoms with Crippen LogP contribution in [0, 0.1) is 0 Å². The summed E-state index contributed by atoms with van der Waals surface area (Å²) in [4.78, 5) is 0.132. The zero-order valence-electron chi connectivity index (χ0n) is 10.4. The quantitative estimate of drug-likeness (QED) is 0.569. The molecule has 1 aliphatic heterocycles. The second-order valence-electron chi connectivity index (χ2n) is 4.29. The highest BCUT2D eigenvalue weighted by molar-refractivity contribution is 7.89. The summed E-state index contributed by atoms with van der Waals surface area (Å²) in [6.07, 6.45) is -0.481. The van der Waals surface area contributed by atoms with Gasteiger partial charge in [0.1, 0.15) is 16.9 Å². The van der Waals surface area contributed by atoms with E-state index in [0.717, 1.165) is 0 Å². The van der Waals surface area contributed by atoms with E-state index in [1.807, 2.05) is 0 Å². The molecule has 1 saturated heterocycles. The van der Waals surface area contributed by atoms with Gasteiger partial charge in [0, 0.05) is 18.5 Å². The molecular formula is C11H14N2O4S3. The van der Waals surface area contributed by atoms with Crippen molar-refractivity contribution in [2.45, 2.75) is 16.8 Å². The molecule has 1 atom stereocenters. The standard InChI is InChI=1S/C11H14N2O4S3/c14-19(15)8-9-1-3-10(4-2-9)20(16,17)13-6-5-12-11(13)7-18/h1-4,7,11-12,19H,5-6,8H2. The second-order valence-corrected chi connectivity index (χ2v) is 7.43. The summed E-state index contributed by atoms with van der Waals surface area (Å²) in [7, 11) is -6.14. The molecule has 0 bridgehead atoms. The maximum Gasteiger partial charge on any atom is 0.244 e. The van der Waals surface area contributed by atoms with Crippen LogP contribution in [0.3, 0.4) is 0 Å². The zero-order valence-corrected chi connectivity index (χ0v) is 13.0. The first kappa shape index (κ1) is 15.5. The van der Waals surface area contributed by atoms with E-state index in [1.165, 1.54) is 33.9 Å². The number of thiol groups is 1. The lowest BCUT2D eigenvalue weighted by Gasteiger charge is -2.20. The minimum absolute atomic E-state index is 0.0938. The van der Waals surface area contributed by atoms with E-state index in [0.29, 0.717) is 18.7 Å². The van der Waals surface area contributed by atoms with Crippen LogP contribution in [-0.2, 0) is 26.5 Å². The molecule has 1 aliphatic rings. The van der Waals surface area contributed by atoms with Crippen molar-refractivity contribution in [3.8, 4) is 0 Å². The maximum atomic E-state index is 12.4. The lowest BCUT2D eigenvalue weighted by molar-refractivity contribution is 0.441. The van der Waals surface area contributed by atoms with Gasteiger partial charge >= 0.3 is 0 Å². The first-order chi connectivity index (χ1) is 9.45. The normalized spacial score (nSPS) is 20.4. The highest BCUT2D eigenvalue weighted by Gasteiger charge is 2.33. The van der Waals surface area contributed by atoms with Crippen molar-refractivity contribution in [2.24, 2.45) is 0 Å². The van der Waals surface area contributed by atoms with Gasteiger partial charge in [0.2, 0.25) is 10.0 Å². The highest BCUT2D eigenvalue weighted by atomic mass is 32.2. The number of nitrogens with one attached hydrogen (secondary N) is 1. The minimum atomic E-state index is -3.62. The third kappa shape index (κ3) is 3.23. The van der Waals surface area contributed by atoms with Gasteiger partial charge in [0.05, 0.1) is 10.6 Å². The van der Waals surface area contributed by atoms with Crippen LogP contribution in [0.2, 0.25) is 0 Å². The van der Waals surface area contributed by atoms with Gasteiger partial charge in [0.15, 0.2) is 0 Å². The van der Waals surface area contributed by atoms with E-state index in [9.17, 15) is 16.8 Å². The summed E-state index contributed by atoms with van der Waals surface area (Å²) in [6, 6.07) is 5.85. The number of sulfonamides is 1. The number of thiocarbonyl (C=S) groups is 1. The summed E-state index contributed by atoms with van der Waals surface area (Å²) >= 11 is 4.81. The second kappa shape index (κ2) is 6.27. The Balaban J connectivity index is 2.27. The highest BCUT2D eigenvalue weighted by Crippen LogP contribution is 2.19. The van der Waals surface area contributed by atoms with E-state index < -0.39 is 26.9 Å². The number of benzene rings is 1. The fraction of sp³-hybridized carbons (Fsp3) is 0.364. The number of hydrogen-bond acceptors (Lipinski definition) is 6. The predicted molar refractivity (Wildman–Crippen MR) is 79.8 cm³/mol. The van der Waals surface area contributed by atoms with Gasteiger partial charge in [-0.3, -0.25) is 5.32 Å². The lowest BCUT2D eigenvalue weighted by Crippen LogP contribution is -2.40. The van der Waals surface area contributed by atoms with Gasteiger partial charge in [-0.05, 0) is 17.7 Å². The fourth-order valence-electron chi connectivity index (χ4n) is 2.00. The first-order valence-electron chi connectivity index (χ1n) is 5.86. The third-order valence-electron chi connectivity index (χ3n) is 2.97. The average molecular weight is 334 g/mol. The Hall–Kier alpha value is -0.870. The number of hydrogen-bond donors (Lipinski definition) is 2. The summed E-state index contributed by atoms with van der Waals surface area (Å²) in [5.74, 6) is -0.0938. The van der Waals surface area contributed by atoms with Crippen molar-refractivity contribution in [2.75, 3.05) is 13.1 Å². The molecule has 0 aromatic heterocycles. The van der Waals surface area contributed by atoms with Crippen LogP contribution < -0.4 is 5.32 Å². The topological polar surface area (TPSA) is 83.5 Å². The summed E-state index contributed by atoms with van der Waals surface area (Å²) in [5.41, 5.74) is 0.561. The van der Waals surface area contributed by atoms with Crippen molar-refractivity contribution < 1.29 is 16.8 Å². The van der Waals surface area contributed by atoms with E-state index in [2.05, 4.69) is 5.32 Å². The molecule has 1 aromatic carbocycles. The van der Waals surface area contributed by atoms with Crippen molar-refractivity contribution in [3.63, 3.8) is 0 Å². The largest absolute Gasteiger partial charge is 0.296 e. The summed E-state index contributed by atoms with van der Waals surface area (Å²) in [6.45, 7) is 0.903. The van der Waals surface area contributed by atoms with Gasteiger partial charge in [-0.2, -0.15) is 4.31 Å². The van der Waals surface area contributed by atoms with Crippen molar-refractivity contribution in [1.29, 1.82) is 0 Å². The van der Waals surface area contributed by atoms with Crippen molar-refractivity contribution >= 4 is 38.3 Å². The number of rotatable bonds is 5. The van der Waals surface area contributed by atoms with E-state index in [1.54, 1.807) is 0 Å².